The van der Waals surface area contributed by atoms with Gasteiger partial charge >= 0.3 is 0 Å². The monoisotopic (exact) mass is 338 g/mol. The van der Waals surface area contributed by atoms with Crippen molar-refractivity contribution in [3.63, 3.8) is 0 Å². The highest BCUT2D eigenvalue weighted by Crippen LogP contribution is 2.49. The van der Waals surface area contributed by atoms with Crippen LogP contribution >= 0.6 is 0 Å². The maximum absolute atomic E-state index is 11.7. The van der Waals surface area contributed by atoms with Crippen molar-refractivity contribution in [1.82, 2.24) is 15.0 Å². The summed E-state index contributed by atoms with van der Waals surface area (Å²) in [5.41, 5.74) is 1.52. The summed E-state index contributed by atoms with van der Waals surface area (Å²) < 4.78 is 0. The van der Waals surface area contributed by atoms with Crippen LogP contribution in [0.4, 0.5) is 5.82 Å². The number of hydrogen-bond donors (Lipinski definition) is 2. The van der Waals surface area contributed by atoms with Crippen molar-refractivity contribution in [3.8, 4) is 11.4 Å². The molecule has 0 aromatic carbocycles. The lowest BCUT2D eigenvalue weighted by Gasteiger charge is -2.28. The van der Waals surface area contributed by atoms with Crippen molar-refractivity contribution in [2.45, 2.75) is 52.0 Å². The summed E-state index contributed by atoms with van der Waals surface area (Å²) in [6, 6.07) is 5.96. The Hall–Kier alpha value is -2.17. The van der Waals surface area contributed by atoms with Crippen LogP contribution in [0.1, 0.15) is 45.2 Å². The first-order valence-corrected chi connectivity index (χ1v) is 9.45. The van der Waals surface area contributed by atoms with Gasteiger partial charge in [-0.25, -0.2) is 9.97 Å². The minimum atomic E-state index is -0.117. The van der Waals surface area contributed by atoms with Gasteiger partial charge in [-0.1, -0.05) is 13.3 Å². The van der Waals surface area contributed by atoms with E-state index in [4.69, 9.17) is 0 Å². The Morgan fingerprint density at radius 2 is 2.20 bits per heavy atom. The summed E-state index contributed by atoms with van der Waals surface area (Å²) >= 11 is 0. The molecule has 25 heavy (non-hydrogen) atoms. The number of hydrogen-bond acceptors (Lipinski definition) is 4. The minimum absolute atomic E-state index is 0.117. The van der Waals surface area contributed by atoms with E-state index < -0.39 is 0 Å². The van der Waals surface area contributed by atoms with Crippen molar-refractivity contribution in [2.75, 3.05) is 5.32 Å². The van der Waals surface area contributed by atoms with Gasteiger partial charge in [-0.15, -0.1) is 0 Å². The molecule has 0 amide bonds. The second-order valence-corrected chi connectivity index (χ2v) is 7.64. The number of H-pyrrole nitrogens is 1. The van der Waals surface area contributed by atoms with Crippen LogP contribution in [-0.4, -0.2) is 21.0 Å². The number of aryl methyl sites for hydroxylation is 1. The highest BCUT2D eigenvalue weighted by molar-refractivity contribution is 5.56. The first kappa shape index (κ1) is 16.3. The van der Waals surface area contributed by atoms with Gasteiger partial charge in [-0.05, 0) is 62.5 Å². The molecule has 2 aliphatic carbocycles. The molecule has 4 atom stereocenters. The maximum Gasteiger partial charge on any atom is 0.251 e. The van der Waals surface area contributed by atoms with E-state index >= 15 is 0 Å². The molecule has 5 heteroatoms. The van der Waals surface area contributed by atoms with Crippen molar-refractivity contribution in [1.29, 1.82) is 0 Å². The first-order valence-electron chi connectivity index (χ1n) is 9.45. The van der Waals surface area contributed by atoms with E-state index in [-0.39, 0.29) is 5.56 Å². The molecule has 0 saturated heterocycles. The summed E-state index contributed by atoms with van der Waals surface area (Å²) in [6.07, 6.45) is 8.16. The summed E-state index contributed by atoms with van der Waals surface area (Å²) in [5.74, 6) is 4.12. The Morgan fingerprint density at radius 3 is 2.84 bits per heavy atom. The third-order valence-electron chi connectivity index (χ3n) is 6.00. The average molecular weight is 338 g/mol. The molecule has 0 radical (unpaired) electrons. The van der Waals surface area contributed by atoms with Gasteiger partial charge in [0.05, 0.1) is 0 Å². The number of nitrogens with zero attached hydrogens (tertiary/aromatic N) is 2. The molecular weight excluding hydrogens is 312 g/mol. The quantitative estimate of drug-likeness (QED) is 0.873. The lowest BCUT2D eigenvalue weighted by atomic mass is 9.84. The topological polar surface area (TPSA) is 70.7 Å². The Labute approximate surface area is 148 Å². The molecule has 2 N–H and O–H groups in total. The van der Waals surface area contributed by atoms with Crippen LogP contribution in [-0.2, 0) is 6.42 Å². The van der Waals surface area contributed by atoms with E-state index in [1.54, 1.807) is 12.3 Å². The Kier molecular flexibility index (Phi) is 4.32. The summed E-state index contributed by atoms with van der Waals surface area (Å²) in [7, 11) is 0. The smallest absolute Gasteiger partial charge is 0.251 e. The summed E-state index contributed by atoms with van der Waals surface area (Å²) in [4.78, 5) is 23.6. The molecule has 0 spiro atoms. The van der Waals surface area contributed by atoms with Crippen LogP contribution in [0.25, 0.3) is 11.4 Å². The van der Waals surface area contributed by atoms with E-state index in [1.165, 1.54) is 25.7 Å². The summed E-state index contributed by atoms with van der Waals surface area (Å²) in [6.45, 7) is 4.28. The Morgan fingerprint density at radius 1 is 1.32 bits per heavy atom. The SMILES string of the molecule is CCc1cc(=O)[nH]c(-c2ccc(NC(C)C3CC4CCC3C4)nc2)n1. The number of nitrogens with one attached hydrogen (secondary N) is 2. The molecule has 4 unspecified atom stereocenters. The molecule has 5 nitrogen and oxygen atoms in total. The number of rotatable bonds is 5. The van der Waals surface area contributed by atoms with E-state index in [1.807, 2.05) is 19.1 Å². The van der Waals surface area contributed by atoms with Crippen molar-refractivity contribution >= 4 is 5.82 Å². The highest BCUT2D eigenvalue weighted by atomic mass is 16.1. The standard InChI is InChI=1S/C20H26N4O/c1-3-16-10-19(25)24-20(23-16)15-6-7-18(21-11-15)22-12(2)17-9-13-4-5-14(17)8-13/h6-7,10-14,17H,3-5,8-9H2,1-2H3,(H,21,22)(H,23,24,25). The number of aromatic nitrogens is 3. The van der Waals surface area contributed by atoms with Crippen molar-refractivity contribution in [2.24, 2.45) is 17.8 Å². The lowest BCUT2D eigenvalue weighted by Crippen LogP contribution is -2.30. The zero-order chi connectivity index (χ0) is 17.4. The molecule has 2 heterocycles. The van der Waals surface area contributed by atoms with Gasteiger partial charge in [0.1, 0.15) is 11.6 Å². The predicted molar refractivity (Wildman–Crippen MR) is 99.5 cm³/mol. The van der Waals surface area contributed by atoms with E-state index in [2.05, 4.69) is 27.2 Å². The predicted octanol–water partition coefficient (Wildman–Crippen LogP) is 3.63. The fourth-order valence-corrected chi connectivity index (χ4v) is 4.69. The molecule has 2 fully saturated rings. The Bertz CT molecular complexity index is 798. The zero-order valence-electron chi connectivity index (χ0n) is 15.0. The van der Waals surface area contributed by atoms with E-state index in [9.17, 15) is 4.79 Å². The summed E-state index contributed by atoms with van der Waals surface area (Å²) in [5, 5.41) is 3.58. The van der Waals surface area contributed by atoms with Crippen LogP contribution in [0, 0.1) is 17.8 Å². The van der Waals surface area contributed by atoms with Crippen LogP contribution in [0.2, 0.25) is 0 Å². The molecule has 2 aromatic rings. The fraction of sp³-hybridized carbons (Fsp3) is 0.550. The third-order valence-corrected chi connectivity index (χ3v) is 6.00. The number of pyridine rings is 1. The molecule has 0 aliphatic heterocycles. The van der Waals surface area contributed by atoms with Gasteiger partial charge in [-0.2, -0.15) is 0 Å². The second kappa shape index (κ2) is 6.62. The van der Waals surface area contributed by atoms with Gasteiger partial charge in [0.15, 0.2) is 0 Å². The van der Waals surface area contributed by atoms with Crippen molar-refractivity contribution < 1.29 is 0 Å². The normalized spacial score (nSPS) is 25.9. The van der Waals surface area contributed by atoms with Crippen LogP contribution in [0.5, 0.6) is 0 Å². The molecule has 4 rings (SSSR count). The van der Waals surface area contributed by atoms with Crippen LogP contribution in [0.15, 0.2) is 29.2 Å². The highest BCUT2D eigenvalue weighted by Gasteiger charge is 2.41. The molecule has 132 valence electrons. The number of aromatic amines is 1. The first-order chi connectivity index (χ1) is 12.1. The molecule has 2 saturated carbocycles. The second-order valence-electron chi connectivity index (χ2n) is 7.64. The minimum Gasteiger partial charge on any atom is -0.367 e. The van der Waals surface area contributed by atoms with Crippen LogP contribution in [0.3, 0.4) is 0 Å². The van der Waals surface area contributed by atoms with Gasteiger partial charge < -0.3 is 10.3 Å². The third kappa shape index (κ3) is 3.32. The fourth-order valence-electron chi connectivity index (χ4n) is 4.69. The van der Waals surface area contributed by atoms with Crippen LogP contribution < -0.4 is 10.9 Å². The van der Waals surface area contributed by atoms with Crippen molar-refractivity contribution in [3.05, 3.63) is 40.4 Å². The van der Waals surface area contributed by atoms with Gasteiger partial charge in [0.25, 0.3) is 5.56 Å². The largest absolute Gasteiger partial charge is 0.367 e. The number of anilines is 1. The average Bonchev–Trinajstić information content (AvgIpc) is 3.25. The molecule has 2 aromatic heterocycles. The van der Waals surface area contributed by atoms with Gasteiger partial charge in [0, 0.05) is 29.6 Å². The lowest BCUT2D eigenvalue weighted by molar-refractivity contribution is 0.304. The molecule has 2 aliphatic rings. The Balaban J connectivity index is 1.47. The van der Waals surface area contributed by atoms with Gasteiger partial charge in [-0.3, -0.25) is 4.79 Å². The van der Waals surface area contributed by atoms with E-state index in [0.717, 1.165) is 41.2 Å². The maximum atomic E-state index is 11.7. The molecular formula is C20H26N4O. The zero-order valence-corrected chi connectivity index (χ0v) is 15.0. The van der Waals surface area contributed by atoms with E-state index in [0.29, 0.717) is 11.9 Å². The van der Waals surface area contributed by atoms with Gasteiger partial charge in [0.2, 0.25) is 0 Å². The number of fused-ring (bicyclic) bond motifs is 2. The molecule has 2 bridgehead atoms.